The van der Waals surface area contributed by atoms with Gasteiger partial charge in [-0.15, -0.1) is 0 Å². The molecule has 0 N–H and O–H groups in total. The molecule has 0 fully saturated rings. The van der Waals surface area contributed by atoms with E-state index in [0.717, 1.165) is 96.3 Å². The largest absolute Gasteiger partial charge is 0.462 e. The monoisotopic (exact) mass is 909 g/mol. The average Bonchev–Trinajstić information content (AvgIpc) is 3.30. The number of rotatable bonds is 50. The molecule has 0 amide bonds. The maximum atomic E-state index is 12.8. The molecule has 0 aliphatic rings. The van der Waals surface area contributed by atoms with Gasteiger partial charge in [-0.25, -0.2) is 0 Å². The second-order valence-corrected chi connectivity index (χ2v) is 18.5. The number of carbonyl (C=O) groups excluding carboxylic acids is 3. The summed E-state index contributed by atoms with van der Waals surface area (Å²) < 4.78 is 16.8. The van der Waals surface area contributed by atoms with Gasteiger partial charge in [0.1, 0.15) is 13.2 Å². The molecule has 0 radical (unpaired) electrons. The lowest BCUT2D eigenvalue weighted by atomic mass is 10.0. The van der Waals surface area contributed by atoms with Crippen molar-refractivity contribution in [1.29, 1.82) is 0 Å². The number of esters is 3. The van der Waals surface area contributed by atoms with Crippen LogP contribution in [0, 0.1) is 0 Å². The van der Waals surface area contributed by atoms with Crippen molar-refractivity contribution in [1.82, 2.24) is 0 Å². The molecule has 6 nitrogen and oxygen atoms in total. The number of ether oxygens (including phenoxy) is 3. The molecule has 0 spiro atoms. The molecule has 0 heterocycles. The second-order valence-electron chi connectivity index (χ2n) is 18.5. The molecule has 1 unspecified atom stereocenters. The third-order valence-corrected chi connectivity index (χ3v) is 12.0. The summed E-state index contributed by atoms with van der Waals surface area (Å²) in [6.07, 6.45) is 66.5. The highest BCUT2D eigenvalue weighted by Crippen LogP contribution is 2.16. The zero-order valence-electron chi connectivity index (χ0n) is 43.0. The minimum absolute atomic E-state index is 0.0751. The van der Waals surface area contributed by atoms with Crippen molar-refractivity contribution in [2.75, 3.05) is 13.2 Å². The summed E-state index contributed by atoms with van der Waals surface area (Å²) in [5.74, 6) is -0.880. The summed E-state index contributed by atoms with van der Waals surface area (Å²) in [7, 11) is 0. The van der Waals surface area contributed by atoms with Crippen molar-refractivity contribution in [3.05, 3.63) is 60.8 Å². The predicted octanol–water partition coefficient (Wildman–Crippen LogP) is 18.4. The van der Waals surface area contributed by atoms with Crippen LogP contribution in [0.4, 0.5) is 0 Å². The first-order valence-electron chi connectivity index (χ1n) is 27.8. The predicted molar refractivity (Wildman–Crippen MR) is 279 cm³/mol. The molecule has 0 aliphatic heterocycles. The van der Waals surface area contributed by atoms with Crippen LogP contribution in [0.1, 0.15) is 278 Å². The van der Waals surface area contributed by atoms with Gasteiger partial charge in [-0.3, -0.25) is 14.4 Å². The molecule has 0 aliphatic carbocycles. The van der Waals surface area contributed by atoms with E-state index in [0.29, 0.717) is 19.3 Å². The van der Waals surface area contributed by atoms with Crippen molar-refractivity contribution in [3.63, 3.8) is 0 Å². The molecule has 1 atom stereocenters. The molecule has 0 aromatic rings. The molecular weight excluding hydrogens is 805 g/mol. The van der Waals surface area contributed by atoms with Crippen LogP contribution in [-0.4, -0.2) is 37.2 Å². The maximum absolute atomic E-state index is 12.8. The van der Waals surface area contributed by atoms with E-state index in [9.17, 15) is 14.4 Å². The standard InChI is InChI=1S/C59H104O6/c1-4-7-10-13-16-19-22-23-24-25-26-27-28-29-30-31-32-33-34-35-38-40-43-46-49-52-58(61)64-55-56(65-59(62)53-50-47-44-41-37-21-18-15-12-9-6-3)54-63-57(60)51-48-45-42-39-36-20-17-14-11-8-5-2/h7,10,15-16,18-19,23-24,26-27,56H,4-6,8-9,11-14,17,20-22,25,28-55H2,1-3H3/b10-7-,18-15-,19-16-,24-23-,27-26-. The smallest absolute Gasteiger partial charge is 0.306 e. The SMILES string of the molecule is CC/C=C\C/C=C\C/C=C\C/C=C\CCCCCCCCCCCCCCC(=O)OCC(COC(=O)CCCCCCCCCCCCC)OC(=O)CCCCCCC/C=C\CCCC. The Labute approximate surface area is 402 Å². The summed E-state index contributed by atoms with van der Waals surface area (Å²) in [6, 6.07) is 0. The molecule has 0 saturated carbocycles. The van der Waals surface area contributed by atoms with E-state index in [1.54, 1.807) is 0 Å². The van der Waals surface area contributed by atoms with E-state index in [1.165, 1.54) is 141 Å². The van der Waals surface area contributed by atoms with E-state index in [-0.39, 0.29) is 31.1 Å². The molecule has 6 heteroatoms. The van der Waals surface area contributed by atoms with Crippen LogP contribution in [0.3, 0.4) is 0 Å². The van der Waals surface area contributed by atoms with E-state index >= 15 is 0 Å². The Morgan fingerprint density at radius 3 is 1.00 bits per heavy atom. The first kappa shape index (κ1) is 62.1. The minimum Gasteiger partial charge on any atom is -0.462 e. The van der Waals surface area contributed by atoms with Gasteiger partial charge >= 0.3 is 17.9 Å². The Hall–Kier alpha value is -2.89. The molecule has 0 aromatic heterocycles. The highest BCUT2D eigenvalue weighted by Gasteiger charge is 2.19. The zero-order valence-corrected chi connectivity index (χ0v) is 43.0. The number of unbranched alkanes of at least 4 members (excludes halogenated alkanes) is 29. The highest BCUT2D eigenvalue weighted by atomic mass is 16.6. The van der Waals surface area contributed by atoms with Crippen molar-refractivity contribution >= 4 is 17.9 Å². The number of allylic oxidation sites excluding steroid dienone is 10. The Morgan fingerprint density at radius 1 is 0.323 bits per heavy atom. The normalized spacial score (nSPS) is 12.5. The molecular formula is C59H104O6. The lowest BCUT2D eigenvalue weighted by Gasteiger charge is -2.18. The first-order chi connectivity index (χ1) is 32.0. The van der Waals surface area contributed by atoms with Gasteiger partial charge in [0.25, 0.3) is 0 Å². The number of carbonyl (C=O) groups is 3. The molecule has 376 valence electrons. The second kappa shape index (κ2) is 53.7. The van der Waals surface area contributed by atoms with Gasteiger partial charge in [0, 0.05) is 19.3 Å². The third-order valence-electron chi connectivity index (χ3n) is 12.0. The number of hydrogen-bond donors (Lipinski definition) is 0. The van der Waals surface area contributed by atoms with Crippen molar-refractivity contribution in [3.8, 4) is 0 Å². The topological polar surface area (TPSA) is 78.9 Å². The van der Waals surface area contributed by atoms with Crippen molar-refractivity contribution in [2.24, 2.45) is 0 Å². The number of hydrogen-bond acceptors (Lipinski definition) is 6. The van der Waals surface area contributed by atoms with E-state index in [1.807, 2.05) is 0 Å². The molecule has 0 rings (SSSR count). The summed E-state index contributed by atoms with van der Waals surface area (Å²) in [4.78, 5) is 38.0. The van der Waals surface area contributed by atoms with Gasteiger partial charge in [0.15, 0.2) is 6.10 Å². The van der Waals surface area contributed by atoms with Crippen LogP contribution < -0.4 is 0 Å². The third kappa shape index (κ3) is 51.9. The van der Waals surface area contributed by atoms with Crippen LogP contribution in [0.25, 0.3) is 0 Å². The molecule has 65 heavy (non-hydrogen) atoms. The summed E-state index contributed by atoms with van der Waals surface area (Å²) in [5.41, 5.74) is 0. The Morgan fingerprint density at radius 2 is 0.615 bits per heavy atom. The quantitative estimate of drug-likeness (QED) is 0.0262. The van der Waals surface area contributed by atoms with Crippen molar-refractivity contribution in [2.45, 2.75) is 284 Å². The fourth-order valence-corrected chi connectivity index (χ4v) is 7.83. The lowest BCUT2D eigenvalue weighted by Crippen LogP contribution is -2.30. The van der Waals surface area contributed by atoms with Gasteiger partial charge in [-0.1, -0.05) is 242 Å². The molecule has 0 bridgehead atoms. The Bertz CT molecular complexity index is 1180. The van der Waals surface area contributed by atoms with E-state index in [2.05, 4.69) is 81.5 Å². The van der Waals surface area contributed by atoms with Crippen LogP contribution in [-0.2, 0) is 28.6 Å². The van der Waals surface area contributed by atoms with Crippen LogP contribution in [0.15, 0.2) is 60.8 Å². The first-order valence-corrected chi connectivity index (χ1v) is 27.8. The van der Waals surface area contributed by atoms with E-state index < -0.39 is 6.10 Å². The van der Waals surface area contributed by atoms with Crippen LogP contribution in [0.5, 0.6) is 0 Å². The summed E-state index contributed by atoms with van der Waals surface area (Å²) in [5, 5.41) is 0. The fourth-order valence-electron chi connectivity index (χ4n) is 7.83. The van der Waals surface area contributed by atoms with Crippen molar-refractivity contribution < 1.29 is 28.6 Å². The van der Waals surface area contributed by atoms with Gasteiger partial charge in [-0.05, 0) is 77.0 Å². The average molecular weight is 909 g/mol. The zero-order chi connectivity index (χ0) is 47.2. The van der Waals surface area contributed by atoms with Crippen LogP contribution in [0.2, 0.25) is 0 Å². The summed E-state index contributed by atoms with van der Waals surface area (Å²) in [6.45, 7) is 6.49. The van der Waals surface area contributed by atoms with Gasteiger partial charge in [0.05, 0.1) is 0 Å². The van der Waals surface area contributed by atoms with Gasteiger partial charge in [-0.2, -0.15) is 0 Å². The Kier molecular flexibility index (Phi) is 51.3. The van der Waals surface area contributed by atoms with Gasteiger partial charge < -0.3 is 14.2 Å². The highest BCUT2D eigenvalue weighted by molar-refractivity contribution is 5.71. The minimum atomic E-state index is -0.775. The molecule has 0 saturated heterocycles. The Balaban J connectivity index is 4.19. The van der Waals surface area contributed by atoms with Crippen LogP contribution >= 0.6 is 0 Å². The lowest BCUT2D eigenvalue weighted by molar-refractivity contribution is -0.167. The maximum Gasteiger partial charge on any atom is 0.306 e. The fraction of sp³-hybridized carbons (Fsp3) is 0.780. The summed E-state index contributed by atoms with van der Waals surface area (Å²) >= 11 is 0. The molecule has 0 aromatic carbocycles. The van der Waals surface area contributed by atoms with Gasteiger partial charge in [0.2, 0.25) is 0 Å². The van der Waals surface area contributed by atoms with E-state index in [4.69, 9.17) is 14.2 Å².